The number of anilines is 1. The summed E-state index contributed by atoms with van der Waals surface area (Å²) in [5.41, 5.74) is 9.18. The highest BCUT2D eigenvalue weighted by Crippen LogP contribution is 2.24. The molecule has 1 fully saturated rings. The van der Waals surface area contributed by atoms with Crippen molar-refractivity contribution in [3.05, 3.63) is 16.8 Å². The molecular formula is C13H23N5. The molecule has 0 radical (unpaired) electrons. The van der Waals surface area contributed by atoms with Crippen LogP contribution >= 0.6 is 0 Å². The van der Waals surface area contributed by atoms with Crippen molar-refractivity contribution in [1.29, 1.82) is 0 Å². The van der Waals surface area contributed by atoms with Crippen molar-refractivity contribution in [2.75, 3.05) is 31.6 Å². The third kappa shape index (κ3) is 2.33. The average Bonchev–Trinajstić information content (AvgIpc) is 2.33. The Morgan fingerprint density at radius 1 is 1.28 bits per heavy atom. The number of rotatable bonds is 2. The van der Waals surface area contributed by atoms with Gasteiger partial charge in [0, 0.05) is 37.8 Å². The molecule has 100 valence electrons. The largest absolute Gasteiger partial charge is 0.350 e. The molecule has 0 saturated carbocycles. The fraction of sp³-hybridized carbons (Fsp3) is 0.692. The zero-order chi connectivity index (χ0) is 13.3. The molecule has 18 heavy (non-hydrogen) atoms. The van der Waals surface area contributed by atoms with Crippen LogP contribution in [0, 0.1) is 13.8 Å². The molecule has 0 spiro atoms. The number of piperazine rings is 1. The van der Waals surface area contributed by atoms with Crippen LogP contribution in [-0.4, -0.2) is 47.8 Å². The normalized spacial score (nSPS) is 21.4. The summed E-state index contributed by atoms with van der Waals surface area (Å²) in [6.07, 6.45) is 0. The number of hydrogen-bond donors (Lipinski definition) is 1. The third-order valence-electron chi connectivity index (χ3n) is 3.87. The van der Waals surface area contributed by atoms with Gasteiger partial charge in [0.25, 0.3) is 0 Å². The van der Waals surface area contributed by atoms with Gasteiger partial charge < -0.3 is 15.5 Å². The molecule has 1 aliphatic heterocycles. The van der Waals surface area contributed by atoms with E-state index >= 15 is 0 Å². The molecule has 1 aromatic heterocycles. The van der Waals surface area contributed by atoms with E-state index in [4.69, 9.17) is 5.73 Å². The van der Waals surface area contributed by atoms with Gasteiger partial charge in [-0.05, 0) is 33.4 Å². The molecule has 1 unspecified atom stereocenters. The molecule has 1 atom stereocenters. The van der Waals surface area contributed by atoms with Crippen LogP contribution in [-0.2, 0) is 6.54 Å². The lowest BCUT2D eigenvalue weighted by Gasteiger charge is -2.39. The predicted octanol–water partition coefficient (Wildman–Crippen LogP) is 0.692. The lowest BCUT2D eigenvalue weighted by molar-refractivity contribution is 0.274. The number of aromatic nitrogens is 2. The standard InChI is InChI=1S/C13H23N5/c1-9-8-17(4)5-6-18(9)13-12(7-14)10(2)11(3)15-16-13/h9H,5-8,14H2,1-4H3. The minimum Gasteiger partial charge on any atom is -0.350 e. The van der Waals surface area contributed by atoms with Crippen molar-refractivity contribution in [3.63, 3.8) is 0 Å². The first-order valence-corrected chi connectivity index (χ1v) is 6.52. The second kappa shape index (κ2) is 5.20. The maximum absolute atomic E-state index is 5.89. The highest BCUT2D eigenvalue weighted by molar-refractivity contribution is 5.51. The van der Waals surface area contributed by atoms with Crippen molar-refractivity contribution in [3.8, 4) is 0 Å². The predicted molar refractivity (Wildman–Crippen MR) is 73.7 cm³/mol. The van der Waals surface area contributed by atoms with Crippen molar-refractivity contribution < 1.29 is 0 Å². The first-order chi connectivity index (χ1) is 8.54. The van der Waals surface area contributed by atoms with Gasteiger partial charge in [-0.3, -0.25) is 0 Å². The average molecular weight is 249 g/mol. The number of likely N-dealkylation sites (N-methyl/N-ethyl adjacent to an activating group) is 1. The Labute approximate surface area is 109 Å². The third-order valence-corrected chi connectivity index (χ3v) is 3.87. The molecular weight excluding hydrogens is 226 g/mol. The van der Waals surface area contributed by atoms with E-state index in [0.717, 1.165) is 36.7 Å². The van der Waals surface area contributed by atoms with E-state index in [-0.39, 0.29) is 0 Å². The summed E-state index contributed by atoms with van der Waals surface area (Å²) in [4.78, 5) is 4.68. The SMILES string of the molecule is Cc1nnc(N2CCN(C)CC2C)c(CN)c1C. The fourth-order valence-electron chi connectivity index (χ4n) is 2.57. The Balaban J connectivity index is 2.36. The smallest absolute Gasteiger partial charge is 0.156 e. The number of nitrogens with zero attached hydrogens (tertiary/aromatic N) is 4. The number of aryl methyl sites for hydroxylation is 1. The van der Waals surface area contributed by atoms with Crippen LogP contribution in [0.4, 0.5) is 5.82 Å². The molecule has 0 bridgehead atoms. The number of hydrogen-bond acceptors (Lipinski definition) is 5. The summed E-state index contributed by atoms with van der Waals surface area (Å²) < 4.78 is 0. The van der Waals surface area contributed by atoms with E-state index in [1.807, 2.05) is 6.92 Å². The highest BCUT2D eigenvalue weighted by atomic mass is 15.3. The van der Waals surface area contributed by atoms with Crippen LogP contribution in [0.15, 0.2) is 0 Å². The van der Waals surface area contributed by atoms with E-state index in [9.17, 15) is 0 Å². The van der Waals surface area contributed by atoms with Gasteiger partial charge >= 0.3 is 0 Å². The van der Waals surface area contributed by atoms with Crippen molar-refractivity contribution >= 4 is 5.82 Å². The Morgan fingerprint density at radius 3 is 2.61 bits per heavy atom. The molecule has 2 N–H and O–H groups in total. The van der Waals surface area contributed by atoms with Crippen LogP contribution in [0.1, 0.15) is 23.7 Å². The van der Waals surface area contributed by atoms with Crippen molar-refractivity contribution in [1.82, 2.24) is 15.1 Å². The zero-order valence-corrected chi connectivity index (χ0v) is 11.8. The van der Waals surface area contributed by atoms with Gasteiger partial charge in [0.15, 0.2) is 5.82 Å². The van der Waals surface area contributed by atoms with Gasteiger partial charge in [-0.25, -0.2) is 0 Å². The Kier molecular flexibility index (Phi) is 3.82. The highest BCUT2D eigenvalue weighted by Gasteiger charge is 2.25. The fourth-order valence-corrected chi connectivity index (χ4v) is 2.57. The molecule has 0 aliphatic carbocycles. The maximum Gasteiger partial charge on any atom is 0.156 e. The van der Waals surface area contributed by atoms with E-state index in [1.54, 1.807) is 0 Å². The Hall–Kier alpha value is -1.20. The molecule has 1 aromatic rings. The van der Waals surface area contributed by atoms with Gasteiger partial charge in [0.2, 0.25) is 0 Å². The van der Waals surface area contributed by atoms with Crippen molar-refractivity contribution in [2.24, 2.45) is 5.73 Å². The van der Waals surface area contributed by atoms with Crippen molar-refractivity contribution in [2.45, 2.75) is 33.4 Å². The second-order valence-corrected chi connectivity index (χ2v) is 5.22. The monoisotopic (exact) mass is 249 g/mol. The van der Waals surface area contributed by atoms with E-state index in [1.165, 1.54) is 5.56 Å². The minimum atomic E-state index is 0.449. The molecule has 2 heterocycles. The Morgan fingerprint density at radius 2 is 2.00 bits per heavy atom. The van der Waals surface area contributed by atoms with Crippen LogP contribution in [0.3, 0.4) is 0 Å². The number of nitrogens with two attached hydrogens (primary N) is 1. The molecule has 5 nitrogen and oxygen atoms in total. The van der Waals surface area contributed by atoms with Crippen LogP contribution in [0.2, 0.25) is 0 Å². The van der Waals surface area contributed by atoms with E-state index in [0.29, 0.717) is 12.6 Å². The molecule has 2 rings (SSSR count). The summed E-state index contributed by atoms with van der Waals surface area (Å²) in [6, 6.07) is 0.449. The molecule has 1 aliphatic rings. The van der Waals surface area contributed by atoms with Crippen LogP contribution in [0.5, 0.6) is 0 Å². The molecule has 1 saturated heterocycles. The summed E-state index contributed by atoms with van der Waals surface area (Å²) >= 11 is 0. The van der Waals surface area contributed by atoms with Crippen LogP contribution in [0.25, 0.3) is 0 Å². The summed E-state index contributed by atoms with van der Waals surface area (Å²) in [7, 11) is 2.16. The van der Waals surface area contributed by atoms with Crippen LogP contribution < -0.4 is 10.6 Å². The zero-order valence-electron chi connectivity index (χ0n) is 11.8. The van der Waals surface area contributed by atoms with E-state index in [2.05, 4.69) is 40.9 Å². The molecule has 0 amide bonds. The first-order valence-electron chi connectivity index (χ1n) is 6.52. The van der Waals surface area contributed by atoms with Gasteiger partial charge in [-0.15, -0.1) is 5.10 Å². The summed E-state index contributed by atoms with van der Waals surface area (Å²) in [6.45, 7) is 9.92. The van der Waals surface area contributed by atoms with Gasteiger partial charge in [0.1, 0.15) is 0 Å². The first kappa shape index (κ1) is 13.2. The molecule has 0 aromatic carbocycles. The minimum absolute atomic E-state index is 0.449. The van der Waals surface area contributed by atoms with Gasteiger partial charge in [0.05, 0.1) is 5.69 Å². The topological polar surface area (TPSA) is 58.3 Å². The van der Waals surface area contributed by atoms with Gasteiger partial charge in [-0.1, -0.05) is 0 Å². The molecule has 5 heteroatoms. The van der Waals surface area contributed by atoms with Gasteiger partial charge in [-0.2, -0.15) is 5.10 Å². The lowest BCUT2D eigenvalue weighted by Crippen LogP contribution is -2.51. The quantitative estimate of drug-likeness (QED) is 0.836. The maximum atomic E-state index is 5.89. The Bertz CT molecular complexity index is 432. The summed E-state index contributed by atoms with van der Waals surface area (Å²) in [5.74, 6) is 0.973. The lowest BCUT2D eigenvalue weighted by atomic mass is 10.1. The second-order valence-electron chi connectivity index (χ2n) is 5.22. The van der Waals surface area contributed by atoms with E-state index < -0.39 is 0 Å². The summed E-state index contributed by atoms with van der Waals surface area (Å²) in [5, 5.41) is 8.64.